The average Bonchev–Trinajstić information content (AvgIpc) is 2.92. The third kappa shape index (κ3) is 2.75. The summed E-state index contributed by atoms with van der Waals surface area (Å²) < 4.78 is 26.4. The number of imidazole rings is 1. The van der Waals surface area contributed by atoms with Crippen molar-refractivity contribution in [2.75, 3.05) is 0 Å². The van der Waals surface area contributed by atoms with Crippen molar-refractivity contribution in [3.8, 4) is 0 Å². The number of carbonyl (C=O) groups excluding carboxylic acids is 1. The molecule has 2 N–H and O–H groups in total. The summed E-state index contributed by atoms with van der Waals surface area (Å²) in [6.45, 7) is 1.84. The fourth-order valence-corrected chi connectivity index (χ4v) is 1.66. The standard InChI is InChI=1S/C12H12F2N4O/c1-2-8(11-16-5-6-17-11)18-12(19)7-3-4-15-10(14)9(7)13/h3-6,8H,2H2,1H3,(H,16,17)(H,18,19). The lowest BCUT2D eigenvalue weighted by molar-refractivity contribution is 0.0928. The van der Waals surface area contributed by atoms with Gasteiger partial charge in [-0.15, -0.1) is 0 Å². The number of amides is 1. The highest BCUT2D eigenvalue weighted by Gasteiger charge is 2.20. The molecule has 0 saturated carbocycles. The molecule has 1 atom stereocenters. The van der Waals surface area contributed by atoms with Crippen LogP contribution in [0.2, 0.25) is 0 Å². The zero-order chi connectivity index (χ0) is 13.8. The van der Waals surface area contributed by atoms with Crippen LogP contribution in [0, 0.1) is 11.8 Å². The van der Waals surface area contributed by atoms with Crippen LogP contribution in [-0.4, -0.2) is 20.9 Å². The van der Waals surface area contributed by atoms with Crippen LogP contribution in [0.1, 0.15) is 35.6 Å². The molecule has 0 saturated heterocycles. The largest absolute Gasteiger partial charge is 0.347 e. The van der Waals surface area contributed by atoms with Crippen LogP contribution in [0.5, 0.6) is 0 Å². The predicted octanol–water partition coefficient (Wildman–Crippen LogP) is 1.96. The van der Waals surface area contributed by atoms with Gasteiger partial charge in [-0.05, 0) is 12.5 Å². The van der Waals surface area contributed by atoms with Crippen molar-refractivity contribution < 1.29 is 13.6 Å². The minimum atomic E-state index is -1.29. The summed E-state index contributed by atoms with van der Waals surface area (Å²) in [6, 6.07) is 0.737. The van der Waals surface area contributed by atoms with Gasteiger partial charge in [0.25, 0.3) is 5.91 Å². The first-order valence-corrected chi connectivity index (χ1v) is 5.73. The van der Waals surface area contributed by atoms with Crippen molar-refractivity contribution in [1.82, 2.24) is 20.3 Å². The summed E-state index contributed by atoms with van der Waals surface area (Å²) in [5.41, 5.74) is -0.377. The molecule has 0 aliphatic rings. The lowest BCUT2D eigenvalue weighted by Gasteiger charge is -2.14. The summed E-state index contributed by atoms with van der Waals surface area (Å²) in [6.07, 6.45) is 4.78. The number of aromatic nitrogens is 3. The van der Waals surface area contributed by atoms with Crippen LogP contribution in [0.25, 0.3) is 0 Å². The number of hydrogen-bond acceptors (Lipinski definition) is 3. The van der Waals surface area contributed by atoms with E-state index in [4.69, 9.17) is 0 Å². The van der Waals surface area contributed by atoms with Crippen molar-refractivity contribution in [2.45, 2.75) is 19.4 Å². The van der Waals surface area contributed by atoms with Crippen LogP contribution in [0.3, 0.4) is 0 Å². The molecule has 0 aliphatic carbocycles. The summed E-state index contributed by atoms with van der Waals surface area (Å²) in [5, 5.41) is 2.59. The highest BCUT2D eigenvalue weighted by atomic mass is 19.2. The molecule has 2 rings (SSSR count). The first kappa shape index (κ1) is 13.1. The van der Waals surface area contributed by atoms with Gasteiger partial charge >= 0.3 is 0 Å². The van der Waals surface area contributed by atoms with E-state index in [1.165, 1.54) is 0 Å². The van der Waals surface area contributed by atoms with Crippen molar-refractivity contribution in [3.05, 3.63) is 47.8 Å². The lowest BCUT2D eigenvalue weighted by Crippen LogP contribution is -2.29. The van der Waals surface area contributed by atoms with E-state index in [9.17, 15) is 13.6 Å². The second kappa shape index (κ2) is 5.55. The second-order valence-corrected chi connectivity index (χ2v) is 3.87. The van der Waals surface area contributed by atoms with E-state index in [1.54, 1.807) is 12.4 Å². The number of nitrogens with zero attached hydrogens (tertiary/aromatic N) is 2. The maximum atomic E-state index is 13.4. The number of carbonyl (C=O) groups is 1. The molecule has 2 aromatic heterocycles. The van der Waals surface area contributed by atoms with Gasteiger partial charge in [0.2, 0.25) is 5.95 Å². The van der Waals surface area contributed by atoms with Gasteiger partial charge in [-0.2, -0.15) is 4.39 Å². The Balaban J connectivity index is 2.18. The molecule has 0 radical (unpaired) electrons. The Morgan fingerprint density at radius 3 is 2.84 bits per heavy atom. The Bertz CT molecular complexity index is 571. The highest BCUT2D eigenvalue weighted by molar-refractivity contribution is 5.94. The van der Waals surface area contributed by atoms with Crippen molar-refractivity contribution in [3.63, 3.8) is 0 Å². The SMILES string of the molecule is CCC(NC(=O)c1ccnc(F)c1F)c1ncc[nH]1. The third-order valence-corrected chi connectivity index (χ3v) is 2.65. The lowest BCUT2D eigenvalue weighted by atomic mass is 10.1. The Kier molecular flexibility index (Phi) is 3.84. The van der Waals surface area contributed by atoms with Crippen molar-refractivity contribution >= 4 is 5.91 Å². The first-order chi connectivity index (χ1) is 9.13. The van der Waals surface area contributed by atoms with E-state index >= 15 is 0 Å². The number of pyridine rings is 1. The molecule has 100 valence electrons. The molecular weight excluding hydrogens is 254 g/mol. The number of aromatic amines is 1. The van der Waals surface area contributed by atoms with Crippen LogP contribution in [-0.2, 0) is 0 Å². The molecular formula is C12H12F2N4O. The molecule has 0 aromatic carbocycles. The molecule has 5 nitrogen and oxygen atoms in total. The maximum Gasteiger partial charge on any atom is 0.255 e. The van der Waals surface area contributed by atoms with E-state index in [2.05, 4.69) is 20.3 Å². The van der Waals surface area contributed by atoms with E-state index in [0.717, 1.165) is 12.3 Å². The molecule has 0 spiro atoms. The molecule has 1 amide bonds. The normalized spacial score (nSPS) is 12.2. The molecule has 1 unspecified atom stereocenters. The summed E-state index contributed by atoms with van der Waals surface area (Å²) in [4.78, 5) is 21.9. The number of nitrogens with one attached hydrogen (secondary N) is 2. The zero-order valence-corrected chi connectivity index (χ0v) is 10.2. The van der Waals surface area contributed by atoms with Gasteiger partial charge in [-0.3, -0.25) is 4.79 Å². The molecule has 0 aliphatic heterocycles. The van der Waals surface area contributed by atoms with E-state index in [0.29, 0.717) is 12.2 Å². The zero-order valence-electron chi connectivity index (χ0n) is 10.2. The number of H-pyrrole nitrogens is 1. The minimum Gasteiger partial charge on any atom is -0.347 e. The van der Waals surface area contributed by atoms with E-state index in [1.807, 2.05) is 6.92 Å². The van der Waals surface area contributed by atoms with Crippen LogP contribution in [0.15, 0.2) is 24.7 Å². The number of rotatable bonds is 4. The van der Waals surface area contributed by atoms with Gasteiger partial charge in [0, 0.05) is 18.6 Å². The van der Waals surface area contributed by atoms with E-state index < -0.39 is 23.7 Å². The Morgan fingerprint density at radius 1 is 1.42 bits per heavy atom. The molecule has 2 heterocycles. The number of hydrogen-bond donors (Lipinski definition) is 2. The summed E-state index contributed by atoms with van der Waals surface area (Å²) in [7, 11) is 0. The first-order valence-electron chi connectivity index (χ1n) is 5.73. The summed E-state index contributed by atoms with van der Waals surface area (Å²) in [5.74, 6) is -2.69. The smallest absolute Gasteiger partial charge is 0.255 e. The van der Waals surface area contributed by atoms with Crippen molar-refractivity contribution in [1.29, 1.82) is 0 Å². The Morgan fingerprint density at radius 2 is 2.21 bits per heavy atom. The van der Waals surface area contributed by atoms with Gasteiger partial charge in [0.05, 0.1) is 11.6 Å². The molecule has 0 fully saturated rings. The Labute approximate surface area is 108 Å². The van der Waals surface area contributed by atoms with Gasteiger partial charge in [0.15, 0.2) is 5.82 Å². The van der Waals surface area contributed by atoms with Crippen molar-refractivity contribution in [2.24, 2.45) is 0 Å². The quantitative estimate of drug-likeness (QED) is 0.831. The van der Waals surface area contributed by atoms with Crippen LogP contribution in [0.4, 0.5) is 8.78 Å². The fourth-order valence-electron chi connectivity index (χ4n) is 1.66. The molecule has 19 heavy (non-hydrogen) atoms. The van der Waals surface area contributed by atoms with Gasteiger partial charge < -0.3 is 10.3 Å². The van der Waals surface area contributed by atoms with Gasteiger partial charge in [0.1, 0.15) is 5.82 Å². The summed E-state index contributed by atoms with van der Waals surface area (Å²) >= 11 is 0. The topological polar surface area (TPSA) is 70.7 Å². The molecule has 2 aromatic rings. The monoisotopic (exact) mass is 266 g/mol. The highest BCUT2D eigenvalue weighted by Crippen LogP contribution is 2.14. The van der Waals surface area contributed by atoms with E-state index in [-0.39, 0.29) is 5.56 Å². The van der Waals surface area contributed by atoms with Gasteiger partial charge in [-0.1, -0.05) is 6.92 Å². The van der Waals surface area contributed by atoms with Crippen LogP contribution >= 0.6 is 0 Å². The predicted molar refractivity (Wildman–Crippen MR) is 63.2 cm³/mol. The average molecular weight is 266 g/mol. The second-order valence-electron chi connectivity index (χ2n) is 3.87. The minimum absolute atomic E-state index is 0.377. The van der Waals surface area contributed by atoms with Gasteiger partial charge in [-0.25, -0.2) is 14.4 Å². The molecule has 0 bridgehead atoms. The maximum absolute atomic E-state index is 13.4. The molecule has 7 heteroatoms. The number of halogens is 2. The third-order valence-electron chi connectivity index (χ3n) is 2.65. The Hall–Kier alpha value is -2.31. The fraction of sp³-hybridized carbons (Fsp3) is 0.250. The van der Waals surface area contributed by atoms with Crippen LogP contribution < -0.4 is 5.32 Å².